The van der Waals surface area contributed by atoms with Gasteiger partial charge in [0.05, 0.1) is 18.2 Å². The molecule has 0 aromatic rings. The van der Waals surface area contributed by atoms with E-state index in [1.165, 1.54) is 0 Å². The predicted octanol–water partition coefficient (Wildman–Crippen LogP) is 1.02. The first kappa shape index (κ1) is 12.9. The number of hydrogen-bond donors (Lipinski definition) is 1. The molecular formula is C14H19N3O. The zero-order valence-electron chi connectivity index (χ0n) is 10.5. The molecule has 2 aliphatic rings. The van der Waals surface area contributed by atoms with E-state index in [0.717, 1.165) is 25.7 Å². The van der Waals surface area contributed by atoms with Crippen molar-refractivity contribution in [1.82, 2.24) is 4.90 Å². The highest BCUT2D eigenvalue weighted by molar-refractivity contribution is 5.83. The van der Waals surface area contributed by atoms with E-state index in [1.807, 2.05) is 0 Å². The number of amides is 1. The molecule has 1 aliphatic heterocycles. The van der Waals surface area contributed by atoms with E-state index in [4.69, 9.17) is 17.4 Å². The molecule has 4 nitrogen and oxygen atoms in total. The van der Waals surface area contributed by atoms with Gasteiger partial charge < -0.3 is 10.6 Å². The van der Waals surface area contributed by atoms with Gasteiger partial charge in [0, 0.05) is 0 Å². The molecule has 2 N–H and O–H groups in total. The van der Waals surface area contributed by atoms with Crippen LogP contribution in [0.25, 0.3) is 0 Å². The van der Waals surface area contributed by atoms with Crippen LogP contribution < -0.4 is 5.73 Å². The summed E-state index contributed by atoms with van der Waals surface area (Å²) in [6, 6.07) is 1.02. The Balaban J connectivity index is 2.10. The van der Waals surface area contributed by atoms with Crippen LogP contribution in [0.5, 0.6) is 0 Å². The topological polar surface area (TPSA) is 70.1 Å². The van der Waals surface area contributed by atoms with E-state index < -0.39 is 12.1 Å². The molecule has 1 heterocycles. The average molecular weight is 245 g/mol. The van der Waals surface area contributed by atoms with Crippen molar-refractivity contribution in [1.29, 1.82) is 5.26 Å². The van der Waals surface area contributed by atoms with Crippen molar-refractivity contribution in [3.63, 3.8) is 0 Å². The third kappa shape index (κ3) is 2.21. The molecule has 2 rings (SSSR count). The van der Waals surface area contributed by atoms with Crippen LogP contribution >= 0.6 is 0 Å². The van der Waals surface area contributed by atoms with Gasteiger partial charge in [0.1, 0.15) is 6.04 Å². The highest BCUT2D eigenvalue weighted by Crippen LogP contribution is 2.30. The van der Waals surface area contributed by atoms with Crippen LogP contribution in [0, 0.1) is 29.6 Å². The number of likely N-dealkylation sites (tertiary alicyclic amines) is 1. The minimum absolute atomic E-state index is 0.131. The normalized spacial score (nSPS) is 29.8. The largest absolute Gasteiger partial charge is 0.320 e. The molecule has 1 saturated carbocycles. The Bertz CT molecular complexity index is 378. The summed E-state index contributed by atoms with van der Waals surface area (Å²) in [5, 5.41) is 9.09. The number of terminal acetylenes is 1. The molecule has 18 heavy (non-hydrogen) atoms. The van der Waals surface area contributed by atoms with Crippen LogP contribution in [0.1, 0.15) is 38.5 Å². The number of nitrogens with zero attached hydrogens (tertiary/aromatic N) is 2. The number of rotatable bonds is 2. The molecule has 1 amide bonds. The maximum atomic E-state index is 12.4. The fraction of sp³-hybridized carbons (Fsp3) is 0.714. The molecule has 0 radical (unpaired) electrons. The molecule has 3 atom stereocenters. The van der Waals surface area contributed by atoms with Gasteiger partial charge in [-0.2, -0.15) is 5.26 Å². The fourth-order valence-electron chi connectivity index (χ4n) is 3.10. The zero-order valence-corrected chi connectivity index (χ0v) is 10.5. The lowest BCUT2D eigenvalue weighted by Crippen LogP contribution is -2.51. The molecule has 0 aromatic heterocycles. The second-order valence-electron chi connectivity index (χ2n) is 5.22. The van der Waals surface area contributed by atoms with Gasteiger partial charge in [-0.05, 0) is 31.6 Å². The molecule has 0 unspecified atom stereocenters. The summed E-state index contributed by atoms with van der Waals surface area (Å²) in [6.45, 7) is 0. The van der Waals surface area contributed by atoms with Crippen molar-refractivity contribution >= 4 is 5.91 Å². The monoisotopic (exact) mass is 245 g/mol. The van der Waals surface area contributed by atoms with Crippen molar-refractivity contribution in [3.8, 4) is 18.4 Å². The maximum Gasteiger partial charge on any atom is 0.241 e. The first-order valence-corrected chi connectivity index (χ1v) is 6.62. The Labute approximate surface area is 108 Å². The van der Waals surface area contributed by atoms with Gasteiger partial charge >= 0.3 is 0 Å². The quantitative estimate of drug-likeness (QED) is 0.738. The summed E-state index contributed by atoms with van der Waals surface area (Å²) >= 11 is 0. The molecule has 1 aliphatic carbocycles. The Hall–Kier alpha value is -1.52. The molecule has 1 saturated heterocycles. The van der Waals surface area contributed by atoms with Crippen LogP contribution in [-0.4, -0.2) is 28.9 Å². The van der Waals surface area contributed by atoms with Crippen molar-refractivity contribution in [2.45, 2.75) is 56.7 Å². The average Bonchev–Trinajstić information content (AvgIpc) is 3.05. The third-order valence-corrected chi connectivity index (χ3v) is 4.17. The minimum Gasteiger partial charge on any atom is -0.320 e. The lowest BCUT2D eigenvalue weighted by Gasteiger charge is -2.29. The summed E-state index contributed by atoms with van der Waals surface area (Å²) in [7, 11) is 0. The SMILES string of the molecule is C#C[C@@H]1CC[C@@H](C#N)N1C(=O)[C@@H](N)C1CCCC1. The maximum absolute atomic E-state index is 12.4. The van der Waals surface area contributed by atoms with Gasteiger partial charge in [0.15, 0.2) is 0 Å². The van der Waals surface area contributed by atoms with Crippen molar-refractivity contribution in [2.75, 3.05) is 0 Å². The number of carbonyl (C=O) groups is 1. The number of carbonyl (C=O) groups excluding carboxylic acids is 1. The van der Waals surface area contributed by atoms with Gasteiger partial charge in [0.25, 0.3) is 0 Å². The molecule has 96 valence electrons. The molecule has 0 bridgehead atoms. The van der Waals surface area contributed by atoms with Crippen LogP contribution in [0.2, 0.25) is 0 Å². The Morgan fingerprint density at radius 1 is 1.28 bits per heavy atom. The van der Waals surface area contributed by atoms with E-state index in [2.05, 4.69) is 12.0 Å². The van der Waals surface area contributed by atoms with Crippen LogP contribution in [0.4, 0.5) is 0 Å². The van der Waals surface area contributed by atoms with E-state index in [9.17, 15) is 4.79 Å². The van der Waals surface area contributed by atoms with E-state index in [0.29, 0.717) is 12.8 Å². The number of nitrogens with two attached hydrogens (primary N) is 1. The number of nitriles is 1. The van der Waals surface area contributed by atoms with Gasteiger partial charge in [0.2, 0.25) is 5.91 Å². The van der Waals surface area contributed by atoms with Crippen molar-refractivity contribution in [3.05, 3.63) is 0 Å². The first-order valence-electron chi connectivity index (χ1n) is 6.62. The number of hydrogen-bond acceptors (Lipinski definition) is 3. The minimum atomic E-state index is -0.489. The van der Waals surface area contributed by atoms with Gasteiger partial charge in [-0.25, -0.2) is 0 Å². The summed E-state index contributed by atoms with van der Waals surface area (Å²) in [5.74, 6) is 2.73. The first-order chi connectivity index (χ1) is 8.69. The Kier molecular flexibility index (Phi) is 3.89. The molecule has 0 aromatic carbocycles. The molecule has 4 heteroatoms. The molecule has 0 spiro atoms. The van der Waals surface area contributed by atoms with Crippen LogP contribution in [0.3, 0.4) is 0 Å². The van der Waals surface area contributed by atoms with E-state index in [1.54, 1.807) is 4.90 Å². The van der Waals surface area contributed by atoms with Crippen LogP contribution in [0.15, 0.2) is 0 Å². The van der Waals surface area contributed by atoms with E-state index in [-0.39, 0.29) is 17.9 Å². The predicted molar refractivity (Wildman–Crippen MR) is 68.0 cm³/mol. The summed E-state index contributed by atoms with van der Waals surface area (Å²) < 4.78 is 0. The smallest absolute Gasteiger partial charge is 0.241 e. The Morgan fingerprint density at radius 3 is 2.44 bits per heavy atom. The second-order valence-corrected chi connectivity index (χ2v) is 5.22. The third-order valence-electron chi connectivity index (χ3n) is 4.17. The Morgan fingerprint density at radius 2 is 1.89 bits per heavy atom. The lowest BCUT2D eigenvalue weighted by atomic mass is 9.97. The molecule has 2 fully saturated rings. The van der Waals surface area contributed by atoms with Gasteiger partial charge in [-0.1, -0.05) is 18.8 Å². The highest BCUT2D eigenvalue weighted by Gasteiger charge is 2.40. The van der Waals surface area contributed by atoms with Crippen molar-refractivity contribution < 1.29 is 4.79 Å². The summed E-state index contributed by atoms with van der Waals surface area (Å²) in [4.78, 5) is 14.0. The highest BCUT2D eigenvalue weighted by atomic mass is 16.2. The molecular weight excluding hydrogens is 226 g/mol. The van der Waals surface area contributed by atoms with E-state index >= 15 is 0 Å². The van der Waals surface area contributed by atoms with Gasteiger partial charge in [-0.3, -0.25) is 4.79 Å². The summed E-state index contributed by atoms with van der Waals surface area (Å²) in [6.07, 6.45) is 11.1. The standard InChI is InChI=1S/C14H19N3O/c1-2-11-7-8-12(9-15)17(11)14(18)13(16)10-5-3-4-6-10/h1,10-13H,3-8,16H2/t11-,12+,13+/m1/s1. The second kappa shape index (κ2) is 5.42. The van der Waals surface area contributed by atoms with Gasteiger partial charge in [-0.15, -0.1) is 6.42 Å². The van der Waals surface area contributed by atoms with Crippen molar-refractivity contribution in [2.24, 2.45) is 11.7 Å². The lowest BCUT2D eigenvalue weighted by molar-refractivity contribution is -0.134. The van der Waals surface area contributed by atoms with Crippen LogP contribution in [-0.2, 0) is 4.79 Å². The summed E-state index contributed by atoms with van der Waals surface area (Å²) in [5.41, 5.74) is 6.07. The fourth-order valence-corrected chi connectivity index (χ4v) is 3.10. The zero-order chi connectivity index (χ0) is 13.1.